The van der Waals surface area contributed by atoms with Crippen molar-refractivity contribution in [1.82, 2.24) is 20.5 Å². The summed E-state index contributed by atoms with van der Waals surface area (Å²) in [5.74, 6) is 1.02. The Balaban J connectivity index is 0.00000364. The van der Waals surface area contributed by atoms with Crippen molar-refractivity contribution in [1.29, 1.82) is 0 Å². The lowest BCUT2D eigenvalue weighted by molar-refractivity contribution is -0.138. The van der Waals surface area contributed by atoms with Crippen LogP contribution in [0.5, 0.6) is 0 Å². The van der Waals surface area contributed by atoms with Gasteiger partial charge < -0.3 is 15.5 Å². The number of nitrogens with one attached hydrogen (secondary N) is 2. The molecule has 1 heterocycles. The molecule has 154 valence electrons. The van der Waals surface area contributed by atoms with Gasteiger partial charge in [0, 0.05) is 44.7 Å². The van der Waals surface area contributed by atoms with Crippen LogP contribution in [0, 0.1) is 12.3 Å². The SMILES string of the molecule is CCNC(=NCC1(C(=O)N(C)C)CCCC1)NCCCc1nc(C)cs1.I. The van der Waals surface area contributed by atoms with Gasteiger partial charge in [0.15, 0.2) is 5.96 Å². The Morgan fingerprint density at radius 2 is 2.04 bits per heavy atom. The summed E-state index contributed by atoms with van der Waals surface area (Å²) in [4.78, 5) is 23.6. The first-order valence-electron chi connectivity index (χ1n) is 9.62. The highest BCUT2D eigenvalue weighted by molar-refractivity contribution is 14.0. The van der Waals surface area contributed by atoms with E-state index in [-0.39, 0.29) is 35.3 Å². The number of nitrogens with zero attached hydrogens (tertiary/aromatic N) is 3. The molecule has 2 N–H and O–H groups in total. The minimum Gasteiger partial charge on any atom is -0.357 e. The number of aromatic nitrogens is 1. The summed E-state index contributed by atoms with van der Waals surface area (Å²) in [5, 5.41) is 9.98. The normalized spacial score (nSPS) is 15.9. The minimum atomic E-state index is -0.315. The molecule has 1 amide bonds. The molecule has 0 bridgehead atoms. The second kappa shape index (κ2) is 11.8. The molecule has 1 aromatic rings. The number of aliphatic imine (C=N–C) groups is 1. The maximum absolute atomic E-state index is 12.7. The minimum absolute atomic E-state index is 0. The van der Waals surface area contributed by atoms with Gasteiger partial charge in [-0.15, -0.1) is 35.3 Å². The van der Waals surface area contributed by atoms with E-state index in [4.69, 9.17) is 4.99 Å². The molecule has 27 heavy (non-hydrogen) atoms. The van der Waals surface area contributed by atoms with Gasteiger partial charge in [-0.25, -0.2) is 4.98 Å². The topological polar surface area (TPSA) is 69.6 Å². The number of hydrogen-bond acceptors (Lipinski definition) is 4. The first-order valence-corrected chi connectivity index (χ1v) is 10.5. The van der Waals surface area contributed by atoms with Crippen molar-refractivity contribution in [2.24, 2.45) is 10.4 Å². The van der Waals surface area contributed by atoms with Crippen LogP contribution in [0.2, 0.25) is 0 Å². The van der Waals surface area contributed by atoms with Gasteiger partial charge in [-0.05, 0) is 33.1 Å². The lowest BCUT2D eigenvalue weighted by Crippen LogP contribution is -2.43. The molecule has 6 nitrogen and oxygen atoms in total. The fourth-order valence-electron chi connectivity index (χ4n) is 3.50. The van der Waals surface area contributed by atoms with E-state index in [9.17, 15) is 4.79 Å². The third kappa shape index (κ3) is 7.21. The Morgan fingerprint density at radius 1 is 1.33 bits per heavy atom. The molecule has 0 aliphatic heterocycles. The average molecular weight is 507 g/mol. The lowest BCUT2D eigenvalue weighted by Gasteiger charge is -2.29. The van der Waals surface area contributed by atoms with Crippen LogP contribution in [-0.4, -0.2) is 55.5 Å². The van der Waals surface area contributed by atoms with Crippen molar-refractivity contribution in [3.05, 3.63) is 16.1 Å². The van der Waals surface area contributed by atoms with Gasteiger partial charge in [0.25, 0.3) is 0 Å². The molecule has 1 aliphatic rings. The molecule has 0 aromatic carbocycles. The zero-order valence-corrected chi connectivity index (χ0v) is 20.2. The van der Waals surface area contributed by atoms with E-state index < -0.39 is 0 Å². The first-order chi connectivity index (χ1) is 12.5. The van der Waals surface area contributed by atoms with Gasteiger partial charge in [0.05, 0.1) is 17.0 Å². The highest BCUT2D eigenvalue weighted by Crippen LogP contribution is 2.39. The third-order valence-electron chi connectivity index (χ3n) is 4.83. The van der Waals surface area contributed by atoms with Crippen LogP contribution < -0.4 is 10.6 Å². The van der Waals surface area contributed by atoms with Crippen LogP contribution in [0.4, 0.5) is 0 Å². The number of carbonyl (C=O) groups excluding carboxylic acids is 1. The number of guanidine groups is 1. The van der Waals surface area contributed by atoms with E-state index in [0.29, 0.717) is 6.54 Å². The van der Waals surface area contributed by atoms with Crippen molar-refractivity contribution in [3.63, 3.8) is 0 Å². The Hall–Kier alpha value is -0.900. The van der Waals surface area contributed by atoms with E-state index in [1.807, 2.05) is 21.0 Å². The highest BCUT2D eigenvalue weighted by atomic mass is 127. The summed E-state index contributed by atoms with van der Waals surface area (Å²) in [6.07, 6.45) is 6.11. The zero-order chi connectivity index (χ0) is 19.0. The van der Waals surface area contributed by atoms with Crippen LogP contribution >= 0.6 is 35.3 Å². The van der Waals surface area contributed by atoms with Crippen LogP contribution in [0.3, 0.4) is 0 Å². The van der Waals surface area contributed by atoms with Crippen LogP contribution in [0.25, 0.3) is 0 Å². The van der Waals surface area contributed by atoms with Gasteiger partial charge in [0.1, 0.15) is 0 Å². The molecule has 2 rings (SSSR count). The van der Waals surface area contributed by atoms with Gasteiger partial charge in [0.2, 0.25) is 5.91 Å². The fraction of sp³-hybridized carbons (Fsp3) is 0.737. The third-order valence-corrected chi connectivity index (χ3v) is 5.86. The van der Waals surface area contributed by atoms with Crippen molar-refractivity contribution in [2.75, 3.05) is 33.7 Å². The summed E-state index contributed by atoms with van der Waals surface area (Å²) in [7, 11) is 3.69. The van der Waals surface area contributed by atoms with Crippen molar-refractivity contribution in [2.45, 2.75) is 52.4 Å². The Kier molecular flexibility index (Phi) is 10.6. The van der Waals surface area contributed by atoms with Crippen LogP contribution in [-0.2, 0) is 11.2 Å². The van der Waals surface area contributed by atoms with E-state index in [0.717, 1.165) is 63.3 Å². The Morgan fingerprint density at radius 3 is 2.59 bits per heavy atom. The monoisotopic (exact) mass is 507 g/mol. The maximum Gasteiger partial charge on any atom is 0.230 e. The molecule has 1 aromatic heterocycles. The van der Waals surface area contributed by atoms with Crippen molar-refractivity contribution >= 4 is 47.2 Å². The van der Waals surface area contributed by atoms with Crippen molar-refractivity contribution < 1.29 is 4.79 Å². The molecule has 1 saturated carbocycles. The van der Waals surface area contributed by atoms with Crippen LogP contribution in [0.15, 0.2) is 10.4 Å². The second-order valence-electron chi connectivity index (χ2n) is 7.30. The molecule has 0 unspecified atom stereocenters. The van der Waals surface area contributed by atoms with Gasteiger partial charge in [-0.2, -0.15) is 0 Å². The summed E-state index contributed by atoms with van der Waals surface area (Å²) < 4.78 is 0. The van der Waals surface area contributed by atoms with Gasteiger partial charge >= 0.3 is 0 Å². The number of hydrogen-bond donors (Lipinski definition) is 2. The maximum atomic E-state index is 12.7. The molecule has 8 heteroatoms. The number of halogens is 1. The molecule has 0 saturated heterocycles. The molecule has 0 spiro atoms. The largest absolute Gasteiger partial charge is 0.357 e. The lowest BCUT2D eigenvalue weighted by atomic mass is 9.85. The number of amides is 1. The molecule has 0 radical (unpaired) electrons. The highest BCUT2D eigenvalue weighted by Gasteiger charge is 2.41. The number of carbonyl (C=O) groups is 1. The van der Waals surface area contributed by atoms with Crippen molar-refractivity contribution in [3.8, 4) is 0 Å². The molecular formula is C19H34IN5OS. The number of thiazole rings is 1. The Labute approximate surface area is 184 Å². The standard InChI is InChI=1S/C19H33N5OS.HI/c1-5-20-18(21-12-8-9-16-23-15(2)13-26-16)22-14-19(10-6-7-11-19)17(25)24(3)4;/h13H,5-12,14H2,1-4H3,(H2,20,21,22);1H. The smallest absolute Gasteiger partial charge is 0.230 e. The van der Waals surface area contributed by atoms with Gasteiger partial charge in [-0.1, -0.05) is 12.8 Å². The van der Waals surface area contributed by atoms with E-state index in [1.54, 1.807) is 16.2 Å². The Bertz CT molecular complexity index is 611. The molecule has 1 fully saturated rings. The quantitative estimate of drug-likeness (QED) is 0.246. The summed E-state index contributed by atoms with van der Waals surface area (Å²) in [6, 6.07) is 0. The second-order valence-corrected chi connectivity index (χ2v) is 8.24. The predicted octanol–water partition coefficient (Wildman–Crippen LogP) is 3.21. The average Bonchev–Trinajstić information content (AvgIpc) is 3.25. The van der Waals surface area contributed by atoms with Gasteiger partial charge in [-0.3, -0.25) is 9.79 Å². The van der Waals surface area contributed by atoms with E-state index >= 15 is 0 Å². The first kappa shape index (κ1) is 24.1. The summed E-state index contributed by atoms with van der Waals surface area (Å²) >= 11 is 1.72. The van der Waals surface area contributed by atoms with E-state index in [2.05, 4.69) is 27.9 Å². The number of rotatable bonds is 8. The molecule has 1 aliphatic carbocycles. The summed E-state index contributed by atoms with van der Waals surface area (Å²) in [6.45, 7) is 6.31. The van der Waals surface area contributed by atoms with E-state index in [1.165, 1.54) is 5.01 Å². The molecular weight excluding hydrogens is 473 g/mol. The predicted molar refractivity (Wildman–Crippen MR) is 124 cm³/mol. The molecule has 0 atom stereocenters. The number of aryl methyl sites for hydroxylation is 2. The zero-order valence-electron chi connectivity index (χ0n) is 17.0. The van der Waals surface area contributed by atoms with Crippen LogP contribution in [0.1, 0.15) is 49.7 Å². The fourth-order valence-corrected chi connectivity index (χ4v) is 4.32. The summed E-state index contributed by atoms with van der Waals surface area (Å²) in [5.41, 5.74) is 0.782.